The van der Waals surface area contributed by atoms with E-state index in [0.29, 0.717) is 12.8 Å². The van der Waals surface area contributed by atoms with Crippen LogP contribution in [-0.4, -0.2) is 36.4 Å². The van der Waals surface area contributed by atoms with Gasteiger partial charge in [-0.2, -0.15) is 0 Å². The highest BCUT2D eigenvalue weighted by molar-refractivity contribution is 5.70. The number of unbranched alkanes of at least 4 members (excludes halogenated alkanes) is 50. The van der Waals surface area contributed by atoms with Gasteiger partial charge in [-0.1, -0.05) is 376 Å². The molecule has 0 bridgehead atoms. The minimum Gasteiger partial charge on any atom is -0.462 e. The van der Waals surface area contributed by atoms with Crippen molar-refractivity contribution in [2.45, 2.75) is 405 Å². The Morgan fingerprint density at radius 1 is 0.286 bits per heavy atom. The second-order valence-corrected chi connectivity index (χ2v) is 25.3. The van der Waals surface area contributed by atoms with Crippen LogP contribution in [0.2, 0.25) is 0 Å². The lowest BCUT2D eigenvalue weighted by Gasteiger charge is -2.15. The van der Waals surface area contributed by atoms with Gasteiger partial charge >= 0.3 is 11.9 Å². The van der Waals surface area contributed by atoms with Crippen molar-refractivity contribution in [1.29, 1.82) is 0 Å². The molecule has 84 heavy (non-hydrogen) atoms. The van der Waals surface area contributed by atoms with Gasteiger partial charge in [0.2, 0.25) is 0 Å². The molecular formula is C79H144O5. The largest absolute Gasteiger partial charge is 0.462 e. The quantitative estimate of drug-likeness (QED) is 0.0373. The van der Waals surface area contributed by atoms with Gasteiger partial charge in [-0.25, -0.2) is 0 Å². The summed E-state index contributed by atoms with van der Waals surface area (Å²) in [5.41, 5.74) is 0. The molecule has 0 spiro atoms. The minimum atomic E-state index is -0.772. The number of esters is 2. The lowest BCUT2D eigenvalue weighted by Crippen LogP contribution is -2.28. The van der Waals surface area contributed by atoms with Gasteiger partial charge in [0.05, 0.1) is 6.61 Å². The van der Waals surface area contributed by atoms with Crippen LogP contribution in [0.15, 0.2) is 72.9 Å². The molecule has 0 heterocycles. The molecule has 0 saturated heterocycles. The second-order valence-electron chi connectivity index (χ2n) is 25.3. The van der Waals surface area contributed by atoms with Gasteiger partial charge in [0.25, 0.3) is 0 Å². The smallest absolute Gasteiger partial charge is 0.306 e. The molecule has 0 aromatic carbocycles. The van der Waals surface area contributed by atoms with Gasteiger partial charge in [-0.3, -0.25) is 9.59 Å². The maximum atomic E-state index is 12.4. The summed E-state index contributed by atoms with van der Waals surface area (Å²) in [7, 11) is 0. The molecular weight excluding hydrogens is 1030 g/mol. The molecule has 0 amide bonds. The molecule has 0 rings (SSSR count). The second kappa shape index (κ2) is 74.6. The Hall–Kier alpha value is -2.66. The first-order valence-electron chi connectivity index (χ1n) is 37.5. The minimum absolute atomic E-state index is 0.0609. The first-order chi connectivity index (χ1) is 41.6. The molecule has 0 aromatic rings. The molecule has 0 aromatic heterocycles. The highest BCUT2D eigenvalue weighted by Crippen LogP contribution is 2.19. The van der Waals surface area contributed by atoms with Crippen LogP contribution in [0.1, 0.15) is 399 Å². The third-order valence-corrected chi connectivity index (χ3v) is 17.0. The Morgan fingerprint density at radius 2 is 0.512 bits per heavy atom. The summed E-state index contributed by atoms with van der Waals surface area (Å²) in [6, 6.07) is 0. The fraction of sp³-hybridized carbons (Fsp3) is 0.823. The van der Waals surface area contributed by atoms with Crippen LogP contribution in [-0.2, 0) is 19.1 Å². The van der Waals surface area contributed by atoms with Crippen LogP contribution >= 0.6 is 0 Å². The number of carbonyl (C=O) groups is 2. The highest BCUT2D eigenvalue weighted by Gasteiger charge is 2.16. The van der Waals surface area contributed by atoms with E-state index >= 15 is 0 Å². The number of aliphatic hydroxyl groups excluding tert-OH is 1. The van der Waals surface area contributed by atoms with E-state index in [4.69, 9.17) is 9.47 Å². The van der Waals surface area contributed by atoms with Crippen LogP contribution in [0.3, 0.4) is 0 Å². The first-order valence-corrected chi connectivity index (χ1v) is 37.5. The SMILES string of the molecule is CC/C=C\C/C=C\C/C=C\C/C=C\CCCCCCCCCCCCCCCCCCCCCCCCCCCCCCC(=O)OC(CO)COC(=O)CCCCCCCCCCCCCCCCCCC/C=C\C/C=C\CCCCCCC. The van der Waals surface area contributed by atoms with Crippen molar-refractivity contribution in [3.8, 4) is 0 Å². The van der Waals surface area contributed by atoms with E-state index in [9.17, 15) is 14.7 Å². The Kier molecular flexibility index (Phi) is 72.2. The van der Waals surface area contributed by atoms with Crippen molar-refractivity contribution < 1.29 is 24.2 Å². The van der Waals surface area contributed by atoms with Crippen molar-refractivity contribution in [3.05, 3.63) is 72.9 Å². The van der Waals surface area contributed by atoms with Gasteiger partial charge in [-0.05, 0) is 83.5 Å². The average molecular weight is 1170 g/mol. The van der Waals surface area contributed by atoms with Crippen LogP contribution < -0.4 is 0 Å². The Balaban J connectivity index is 3.38. The third-order valence-electron chi connectivity index (χ3n) is 17.0. The number of ether oxygens (including phenoxy) is 2. The summed E-state index contributed by atoms with van der Waals surface area (Å²) in [6.45, 7) is 4.07. The van der Waals surface area contributed by atoms with E-state index in [1.54, 1.807) is 0 Å². The molecule has 5 nitrogen and oxygen atoms in total. The predicted molar refractivity (Wildman–Crippen MR) is 371 cm³/mol. The average Bonchev–Trinajstić information content (AvgIpc) is 3.51. The molecule has 0 saturated carbocycles. The van der Waals surface area contributed by atoms with E-state index in [2.05, 4.69) is 86.8 Å². The molecule has 5 heteroatoms. The van der Waals surface area contributed by atoms with Crippen LogP contribution in [0.4, 0.5) is 0 Å². The third kappa shape index (κ3) is 71.8. The maximum absolute atomic E-state index is 12.4. The zero-order valence-corrected chi connectivity index (χ0v) is 56.4. The van der Waals surface area contributed by atoms with Gasteiger partial charge in [-0.15, -0.1) is 0 Å². The Morgan fingerprint density at radius 3 is 0.774 bits per heavy atom. The fourth-order valence-electron chi connectivity index (χ4n) is 11.4. The number of carbonyl (C=O) groups excluding carboxylic acids is 2. The van der Waals surface area contributed by atoms with E-state index < -0.39 is 6.10 Å². The summed E-state index contributed by atoms with van der Waals surface area (Å²) in [5.74, 6) is -0.568. The molecule has 1 atom stereocenters. The van der Waals surface area contributed by atoms with Crippen molar-refractivity contribution in [3.63, 3.8) is 0 Å². The fourth-order valence-corrected chi connectivity index (χ4v) is 11.4. The summed E-state index contributed by atoms with van der Waals surface area (Å²) >= 11 is 0. The monoisotopic (exact) mass is 1170 g/mol. The van der Waals surface area contributed by atoms with E-state index in [0.717, 1.165) is 70.6 Å². The molecule has 0 aliphatic carbocycles. The van der Waals surface area contributed by atoms with Crippen LogP contribution in [0.25, 0.3) is 0 Å². The normalized spacial score (nSPS) is 12.6. The lowest BCUT2D eigenvalue weighted by molar-refractivity contribution is -0.161. The lowest BCUT2D eigenvalue weighted by atomic mass is 10.0. The van der Waals surface area contributed by atoms with Crippen molar-refractivity contribution in [2.24, 2.45) is 0 Å². The van der Waals surface area contributed by atoms with Gasteiger partial charge in [0, 0.05) is 12.8 Å². The zero-order valence-electron chi connectivity index (χ0n) is 56.4. The first kappa shape index (κ1) is 81.3. The molecule has 490 valence electrons. The van der Waals surface area contributed by atoms with Crippen LogP contribution in [0.5, 0.6) is 0 Å². The maximum Gasteiger partial charge on any atom is 0.306 e. The number of allylic oxidation sites excluding steroid dienone is 12. The summed E-state index contributed by atoms with van der Waals surface area (Å²) < 4.78 is 10.8. The summed E-state index contributed by atoms with van der Waals surface area (Å²) in [5, 5.41) is 9.72. The van der Waals surface area contributed by atoms with Gasteiger partial charge < -0.3 is 14.6 Å². The van der Waals surface area contributed by atoms with Crippen LogP contribution in [0, 0.1) is 0 Å². The number of hydrogen-bond donors (Lipinski definition) is 1. The Labute approximate surface area is 524 Å². The topological polar surface area (TPSA) is 72.8 Å². The number of aliphatic hydroxyl groups is 1. The molecule has 0 fully saturated rings. The summed E-state index contributed by atoms with van der Waals surface area (Å²) in [4.78, 5) is 24.7. The highest BCUT2D eigenvalue weighted by atomic mass is 16.6. The number of hydrogen-bond acceptors (Lipinski definition) is 5. The van der Waals surface area contributed by atoms with Crippen molar-refractivity contribution >= 4 is 11.9 Å². The molecule has 0 radical (unpaired) electrons. The zero-order chi connectivity index (χ0) is 60.5. The van der Waals surface area contributed by atoms with Gasteiger partial charge in [0.15, 0.2) is 6.10 Å². The predicted octanol–water partition coefficient (Wildman–Crippen LogP) is 26.2. The van der Waals surface area contributed by atoms with Crippen molar-refractivity contribution in [1.82, 2.24) is 0 Å². The van der Waals surface area contributed by atoms with Crippen molar-refractivity contribution in [2.75, 3.05) is 13.2 Å². The van der Waals surface area contributed by atoms with Gasteiger partial charge in [0.1, 0.15) is 6.61 Å². The van der Waals surface area contributed by atoms with E-state index in [-0.39, 0.29) is 25.2 Å². The summed E-state index contributed by atoms with van der Waals surface area (Å²) in [6.07, 6.45) is 104. The number of rotatable bonds is 70. The molecule has 0 aliphatic heterocycles. The Bertz CT molecular complexity index is 1470. The molecule has 0 aliphatic rings. The van der Waals surface area contributed by atoms with E-state index in [1.807, 2.05) is 0 Å². The van der Waals surface area contributed by atoms with E-state index in [1.165, 1.54) is 302 Å². The molecule has 1 N–H and O–H groups in total. The molecule has 1 unspecified atom stereocenters. The standard InChI is InChI=1S/C79H144O5/c1-3-5-7-9-11-13-15-17-19-21-23-25-27-29-31-33-34-35-36-37-38-39-40-41-42-43-44-46-48-50-52-54-56-58-60-62-64-66-68-70-72-74-79(82)84-77(75-80)76-83-78(81)73-71-69-67-65-63-61-59-57-55-53-51-49-47-45-32-30-28-26-24-22-20-18-16-14-12-10-8-6-4-2/h5,7,11,13,16-19,22-25,77,80H,3-4,6,8-10,12,14-15,20-21,26-76H2,1-2H3/b7-5-,13-11-,18-16-,19-17-,24-22-,25-23-.